The van der Waals surface area contributed by atoms with Crippen molar-refractivity contribution in [3.05, 3.63) is 48.6 Å². The van der Waals surface area contributed by atoms with Crippen molar-refractivity contribution < 1.29 is 9.32 Å². The third-order valence-corrected chi connectivity index (χ3v) is 4.73. The normalized spacial score (nSPS) is 11.6. The predicted molar refractivity (Wildman–Crippen MR) is 116 cm³/mol. The van der Waals surface area contributed by atoms with Crippen LogP contribution in [0.2, 0.25) is 0 Å². The van der Waals surface area contributed by atoms with Gasteiger partial charge in [0, 0.05) is 36.0 Å². The maximum absolute atomic E-state index is 12.3. The van der Waals surface area contributed by atoms with E-state index in [9.17, 15) is 4.79 Å². The molecule has 0 aliphatic carbocycles. The smallest absolute Gasteiger partial charge is 0.324 e. The third kappa shape index (κ3) is 3.69. The van der Waals surface area contributed by atoms with Gasteiger partial charge in [0.2, 0.25) is 0 Å². The lowest BCUT2D eigenvalue weighted by atomic mass is 9.93. The van der Waals surface area contributed by atoms with Crippen molar-refractivity contribution >= 4 is 34.4 Å². The second kappa shape index (κ2) is 7.18. The fraction of sp³-hybridized carbons (Fsp3) is 0.238. The third-order valence-electron chi connectivity index (χ3n) is 4.73. The second-order valence-electron chi connectivity index (χ2n) is 8.09. The molecule has 0 spiro atoms. The fourth-order valence-electron chi connectivity index (χ4n) is 3.15. The summed E-state index contributed by atoms with van der Waals surface area (Å²) in [6, 6.07) is 8.76. The molecule has 0 fully saturated rings. The number of nitrogens with zero attached hydrogens (tertiary/aromatic N) is 4. The van der Waals surface area contributed by atoms with Crippen LogP contribution in [-0.2, 0) is 12.5 Å². The molecule has 0 unspecified atom stereocenters. The summed E-state index contributed by atoms with van der Waals surface area (Å²) in [4.78, 5) is 20.7. The summed E-state index contributed by atoms with van der Waals surface area (Å²) in [5.41, 5.74) is 9.15. The Morgan fingerprint density at radius 3 is 2.53 bits per heavy atom. The van der Waals surface area contributed by atoms with Gasteiger partial charge in [-0.3, -0.25) is 5.32 Å². The van der Waals surface area contributed by atoms with Crippen molar-refractivity contribution in [2.45, 2.75) is 26.2 Å². The van der Waals surface area contributed by atoms with Crippen molar-refractivity contribution in [2.24, 2.45) is 7.05 Å². The minimum Gasteiger partial charge on any atom is -0.383 e. The molecule has 1 aromatic carbocycles. The van der Waals surface area contributed by atoms with E-state index in [0.29, 0.717) is 23.1 Å². The molecule has 3 heterocycles. The monoisotopic (exact) mass is 405 g/mol. The minimum atomic E-state index is -0.403. The van der Waals surface area contributed by atoms with E-state index in [1.807, 2.05) is 62.8 Å². The van der Waals surface area contributed by atoms with Gasteiger partial charge in [-0.15, -0.1) is 0 Å². The number of hydrogen-bond donors (Lipinski definition) is 3. The van der Waals surface area contributed by atoms with E-state index in [-0.39, 0.29) is 5.41 Å². The zero-order chi connectivity index (χ0) is 21.5. The van der Waals surface area contributed by atoms with Crippen molar-refractivity contribution in [3.8, 4) is 11.1 Å². The van der Waals surface area contributed by atoms with Gasteiger partial charge in [-0.25, -0.2) is 14.8 Å². The Hall–Kier alpha value is -3.88. The number of nitrogens with one attached hydrogen (secondary N) is 2. The summed E-state index contributed by atoms with van der Waals surface area (Å²) in [7, 11) is 1.91. The van der Waals surface area contributed by atoms with Crippen LogP contribution in [0, 0.1) is 0 Å². The van der Waals surface area contributed by atoms with E-state index < -0.39 is 6.03 Å². The Kier molecular flexibility index (Phi) is 4.65. The van der Waals surface area contributed by atoms with Gasteiger partial charge in [0.1, 0.15) is 23.6 Å². The maximum atomic E-state index is 12.3. The van der Waals surface area contributed by atoms with Crippen molar-refractivity contribution in [1.29, 1.82) is 0 Å². The summed E-state index contributed by atoms with van der Waals surface area (Å²) < 4.78 is 7.19. The lowest BCUT2D eigenvalue weighted by Crippen LogP contribution is -2.19. The number of urea groups is 1. The summed E-state index contributed by atoms with van der Waals surface area (Å²) >= 11 is 0. The Labute approximate surface area is 173 Å². The van der Waals surface area contributed by atoms with E-state index in [0.717, 1.165) is 22.2 Å². The molecule has 0 saturated heterocycles. The van der Waals surface area contributed by atoms with Crippen molar-refractivity contribution in [2.75, 3.05) is 16.4 Å². The van der Waals surface area contributed by atoms with Gasteiger partial charge in [0.25, 0.3) is 0 Å². The topological polar surface area (TPSA) is 124 Å². The first-order chi connectivity index (χ1) is 14.2. The number of aryl methyl sites for hydroxylation is 1. The van der Waals surface area contributed by atoms with Crippen LogP contribution in [0.3, 0.4) is 0 Å². The van der Waals surface area contributed by atoms with E-state index in [2.05, 4.69) is 25.8 Å². The molecule has 4 aromatic rings. The molecule has 0 atom stereocenters. The average Bonchev–Trinajstić information content (AvgIpc) is 3.28. The standard InChI is InChI=1S/C21H23N7O2/c1-21(2,3)15-9-16(27-30-15)26-20(29)25-13-7-5-12(6-8-13)14-10-28(4)19-17(14)18(22)23-11-24-19/h5-11H,1-4H3,(H2,22,23,24)(H2,25,26,27,29). The number of aromatic nitrogens is 4. The molecule has 154 valence electrons. The molecule has 0 aliphatic heterocycles. The zero-order valence-electron chi connectivity index (χ0n) is 17.2. The molecule has 0 saturated carbocycles. The number of nitrogens with two attached hydrogens (primary N) is 1. The number of fused-ring (bicyclic) bond motifs is 1. The SMILES string of the molecule is Cn1cc(-c2ccc(NC(=O)Nc3cc(C(C)(C)C)on3)cc2)c2c(N)ncnc21. The number of hydrogen-bond acceptors (Lipinski definition) is 6. The van der Waals surface area contributed by atoms with Crippen LogP contribution in [0.4, 0.5) is 22.1 Å². The van der Waals surface area contributed by atoms with E-state index >= 15 is 0 Å². The van der Waals surface area contributed by atoms with Gasteiger partial charge in [-0.1, -0.05) is 38.1 Å². The lowest BCUT2D eigenvalue weighted by Gasteiger charge is -2.12. The largest absolute Gasteiger partial charge is 0.383 e. The average molecular weight is 405 g/mol. The molecule has 2 amide bonds. The number of nitrogen functional groups attached to an aromatic ring is 1. The first-order valence-corrected chi connectivity index (χ1v) is 9.43. The first-order valence-electron chi connectivity index (χ1n) is 9.43. The highest BCUT2D eigenvalue weighted by Gasteiger charge is 2.20. The van der Waals surface area contributed by atoms with Crippen LogP contribution in [0.1, 0.15) is 26.5 Å². The number of amides is 2. The second-order valence-corrected chi connectivity index (χ2v) is 8.09. The Morgan fingerprint density at radius 2 is 1.87 bits per heavy atom. The highest BCUT2D eigenvalue weighted by molar-refractivity contribution is 6.01. The lowest BCUT2D eigenvalue weighted by molar-refractivity contribution is 0.262. The van der Waals surface area contributed by atoms with Crippen LogP contribution in [0.15, 0.2) is 47.4 Å². The number of rotatable bonds is 3. The Bertz CT molecular complexity index is 1220. The minimum absolute atomic E-state index is 0.185. The molecule has 0 aliphatic rings. The quantitative estimate of drug-likeness (QED) is 0.470. The van der Waals surface area contributed by atoms with Gasteiger partial charge < -0.3 is 20.1 Å². The summed E-state index contributed by atoms with van der Waals surface area (Å²) in [6.45, 7) is 6.03. The highest BCUT2D eigenvalue weighted by Crippen LogP contribution is 2.32. The molecule has 30 heavy (non-hydrogen) atoms. The molecule has 0 bridgehead atoms. The van der Waals surface area contributed by atoms with Gasteiger partial charge in [0.15, 0.2) is 5.82 Å². The van der Waals surface area contributed by atoms with E-state index in [1.54, 1.807) is 6.07 Å². The molecule has 9 heteroatoms. The van der Waals surface area contributed by atoms with Crippen LogP contribution >= 0.6 is 0 Å². The van der Waals surface area contributed by atoms with Crippen LogP contribution in [0.25, 0.3) is 22.2 Å². The fourth-order valence-corrected chi connectivity index (χ4v) is 3.15. The summed E-state index contributed by atoms with van der Waals surface area (Å²) in [5.74, 6) is 1.49. The molecule has 9 nitrogen and oxygen atoms in total. The molecule has 4 rings (SSSR count). The van der Waals surface area contributed by atoms with E-state index in [4.69, 9.17) is 10.3 Å². The molecule has 3 aromatic heterocycles. The highest BCUT2D eigenvalue weighted by atomic mass is 16.5. The predicted octanol–water partition coefficient (Wildman–Crippen LogP) is 4.15. The van der Waals surface area contributed by atoms with E-state index in [1.165, 1.54) is 6.33 Å². The summed E-state index contributed by atoms with van der Waals surface area (Å²) in [6.07, 6.45) is 3.41. The van der Waals surface area contributed by atoms with Crippen molar-refractivity contribution in [3.63, 3.8) is 0 Å². The first kappa shape index (κ1) is 19.4. The van der Waals surface area contributed by atoms with Gasteiger partial charge >= 0.3 is 6.03 Å². The van der Waals surface area contributed by atoms with Crippen LogP contribution in [-0.4, -0.2) is 25.7 Å². The number of benzene rings is 1. The molecular weight excluding hydrogens is 382 g/mol. The number of anilines is 3. The van der Waals surface area contributed by atoms with Gasteiger partial charge in [0.05, 0.1) is 5.39 Å². The van der Waals surface area contributed by atoms with Gasteiger partial charge in [-0.2, -0.15) is 0 Å². The van der Waals surface area contributed by atoms with Gasteiger partial charge in [-0.05, 0) is 17.7 Å². The molecule has 4 N–H and O–H groups in total. The van der Waals surface area contributed by atoms with Crippen molar-refractivity contribution in [1.82, 2.24) is 19.7 Å². The van der Waals surface area contributed by atoms with Crippen LogP contribution in [0.5, 0.6) is 0 Å². The zero-order valence-corrected chi connectivity index (χ0v) is 17.2. The Morgan fingerprint density at radius 1 is 1.13 bits per heavy atom. The number of carbonyl (C=O) groups excluding carboxylic acids is 1. The molecule has 0 radical (unpaired) electrons. The Balaban J connectivity index is 1.49. The number of carbonyl (C=O) groups is 1. The maximum Gasteiger partial charge on any atom is 0.324 e. The molecular formula is C21H23N7O2. The van der Waals surface area contributed by atoms with Crippen LogP contribution < -0.4 is 16.4 Å². The summed E-state index contributed by atoms with van der Waals surface area (Å²) in [5, 5.41) is 10.1.